The minimum absolute atomic E-state index is 0.0802. The lowest BCUT2D eigenvalue weighted by Crippen LogP contribution is -2.57. The first-order chi connectivity index (χ1) is 10.8. The number of piperidine rings is 1. The lowest BCUT2D eigenvalue weighted by molar-refractivity contribution is 0.0678. The molecule has 0 spiro atoms. The van der Waals surface area contributed by atoms with Crippen molar-refractivity contribution in [2.75, 3.05) is 31.5 Å². The fraction of sp³-hybridized carbons (Fsp3) is 0.533. The van der Waals surface area contributed by atoms with E-state index in [0.717, 1.165) is 25.3 Å². The summed E-state index contributed by atoms with van der Waals surface area (Å²) >= 11 is 0. The second kappa shape index (κ2) is 5.57. The van der Waals surface area contributed by atoms with Gasteiger partial charge in [0.05, 0.1) is 0 Å². The highest BCUT2D eigenvalue weighted by Gasteiger charge is 2.31. The molecule has 116 valence electrons. The SMILES string of the molecule is O=C(Nc1nnc2ccccn12)N1CCN2CCCCC2C1. The number of aromatic nitrogens is 3. The molecule has 4 heterocycles. The van der Waals surface area contributed by atoms with Crippen molar-refractivity contribution in [2.45, 2.75) is 25.3 Å². The van der Waals surface area contributed by atoms with Gasteiger partial charge in [-0.15, -0.1) is 10.2 Å². The molecule has 2 aromatic heterocycles. The molecule has 0 aromatic carbocycles. The summed E-state index contributed by atoms with van der Waals surface area (Å²) in [7, 11) is 0. The van der Waals surface area contributed by atoms with Crippen LogP contribution >= 0.6 is 0 Å². The largest absolute Gasteiger partial charge is 0.324 e. The first-order valence-corrected chi connectivity index (χ1v) is 7.91. The van der Waals surface area contributed by atoms with Crippen LogP contribution in [0.4, 0.5) is 10.7 Å². The number of anilines is 1. The number of urea groups is 1. The number of amides is 2. The summed E-state index contributed by atoms with van der Waals surface area (Å²) in [6, 6.07) is 6.10. The van der Waals surface area contributed by atoms with E-state index >= 15 is 0 Å². The smallest absolute Gasteiger partial charge is 0.322 e. The molecule has 1 unspecified atom stereocenters. The molecule has 0 radical (unpaired) electrons. The van der Waals surface area contributed by atoms with E-state index < -0.39 is 0 Å². The topological polar surface area (TPSA) is 65.8 Å². The van der Waals surface area contributed by atoms with Crippen molar-refractivity contribution in [3.05, 3.63) is 24.4 Å². The zero-order chi connectivity index (χ0) is 14.9. The maximum Gasteiger partial charge on any atom is 0.324 e. The maximum absolute atomic E-state index is 12.5. The van der Waals surface area contributed by atoms with Gasteiger partial charge >= 0.3 is 6.03 Å². The Balaban J connectivity index is 1.46. The number of hydrogen-bond donors (Lipinski definition) is 1. The summed E-state index contributed by atoms with van der Waals surface area (Å²) < 4.78 is 1.79. The molecular weight excluding hydrogens is 280 g/mol. The van der Waals surface area contributed by atoms with Gasteiger partial charge in [-0.2, -0.15) is 0 Å². The van der Waals surface area contributed by atoms with E-state index in [9.17, 15) is 4.79 Å². The number of fused-ring (bicyclic) bond motifs is 2. The van der Waals surface area contributed by atoms with Crippen LogP contribution in [0.25, 0.3) is 5.65 Å². The van der Waals surface area contributed by atoms with Crippen LogP contribution < -0.4 is 5.32 Å². The maximum atomic E-state index is 12.5. The van der Waals surface area contributed by atoms with Gasteiger partial charge in [-0.25, -0.2) is 4.79 Å². The van der Waals surface area contributed by atoms with Gasteiger partial charge in [-0.1, -0.05) is 12.5 Å². The Bertz CT molecular complexity index is 683. The van der Waals surface area contributed by atoms with Gasteiger partial charge in [0.25, 0.3) is 0 Å². The molecule has 2 fully saturated rings. The molecule has 4 rings (SSSR count). The van der Waals surface area contributed by atoms with Gasteiger partial charge in [0, 0.05) is 31.9 Å². The van der Waals surface area contributed by atoms with Gasteiger partial charge in [0.2, 0.25) is 5.95 Å². The molecule has 0 aliphatic carbocycles. The van der Waals surface area contributed by atoms with Crippen molar-refractivity contribution >= 4 is 17.6 Å². The zero-order valence-corrected chi connectivity index (χ0v) is 12.5. The average molecular weight is 300 g/mol. The molecule has 2 aliphatic rings. The Kier molecular flexibility index (Phi) is 3.42. The quantitative estimate of drug-likeness (QED) is 0.865. The number of hydrogen-bond acceptors (Lipinski definition) is 4. The standard InChI is InChI=1S/C15H20N6O/c22-15(16-14-18-17-13-6-2-4-8-21(13)14)20-10-9-19-7-3-1-5-12(19)11-20/h2,4,6,8,12H,1,3,5,7,9-11H2,(H,16,18,22). The van der Waals surface area contributed by atoms with E-state index in [-0.39, 0.29) is 6.03 Å². The molecular formula is C15H20N6O. The predicted octanol–water partition coefficient (Wildman–Crippen LogP) is 1.43. The third-order valence-electron chi connectivity index (χ3n) is 4.66. The first-order valence-electron chi connectivity index (χ1n) is 7.91. The van der Waals surface area contributed by atoms with Crippen molar-refractivity contribution in [1.82, 2.24) is 24.4 Å². The Morgan fingerprint density at radius 3 is 3.09 bits per heavy atom. The monoisotopic (exact) mass is 300 g/mol. The number of piperazine rings is 1. The molecule has 1 N–H and O–H groups in total. The molecule has 2 aromatic rings. The van der Waals surface area contributed by atoms with Crippen LogP contribution in [0.3, 0.4) is 0 Å². The van der Waals surface area contributed by atoms with Crippen LogP contribution in [-0.4, -0.2) is 62.6 Å². The van der Waals surface area contributed by atoms with Gasteiger partial charge in [0.15, 0.2) is 5.65 Å². The summed E-state index contributed by atoms with van der Waals surface area (Å²) in [4.78, 5) is 16.9. The van der Waals surface area contributed by atoms with E-state index in [0.29, 0.717) is 12.0 Å². The number of carbonyl (C=O) groups excluding carboxylic acids is 1. The van der Waals surface area contributed by atoms with Gasteiger partial charge in [0.1, 0.15) is 0 Å². The van der Waals surface area contributed by atoms with Crippen molar-refractivity contribution in [3.63, 3.8) is 0 Å². The number of pyridine rings is 1. The van der Waals surface area contributed by atoms with Crippen molar-refractivity contribution < 1.29 is 4.79 Å². The Morgan fingerprint density at radius 2 is 2.14 bits per heavy atom. The number of carbonyl (C=O) groups is 1. The molecule has 7 nitrogen and oxygen atoms in total. The van der Waals surface area contributed by atoms with Crippen molar-refractivity contribution in [2.24, 2.45) is 0 Å². The predicted molar refractivity (Wildman–Crippen MR) is 82.8 cm³/mol. The molecule has 22 heavy (non-hydrogen) atoms. The molecule has 2 saturated heterocycles. The second-order valence-electron chi connectivity index (χ2n) is 6.01. The van der Waals surface area contributed by atoms with Gasteiger partial charge in [-0.05, 0) is 31.5 Å². The van der Waals surface area contributed by atoms with E-state index in [1.165, 1.54) is 25.8 Å². The molecule has 1 atom stereocenters. The van der Waals surface area contributed by atoms with Crippen LogP contribution in [0.5, 0.6) is 0 Å². The number of nitrogens with one attached hydrogen (secondary N) is 1. The molecule has 7 heteroatoms. The summed E-state index contributed by atoms with van der Waals surface area (Å²) in [5.74, 6) is 0.478. The molecule has 2 aliphatic heterocycles. The van der Waals surface area contributed by atoms with Gasteiger partial charge in [-0.3, -0.25) is 14.6 Å². The summed E-state index contributed by atoms with van der Waals surface area (Å²) in [6.07, 6.45) is 5.60. The van der Waals surface area contributed by atoms with E-state index in [1.807, 2.05) is 29.3 Å². The normalized spacial score (nSPS) is 22.5. The second-order valence-corrected chi connectivity index (χ2v) is 6.01. The van der Waals surface area contributed by atoms with Crippen LogP contribution in [0.2, 0.25) is 0 Å². The lowest BCUT2D eigenvalue weighted by atomic mass is 10.00. The number of rotatable bonds is 1. The van der Waals surface area contributed by atoms with E-state index in [2.05, 4.69) is 20.4 Å². The highest BCUT2D eigenvalue weighted by Crippen LogP contribution is 2.21. The Labute approximate surface area is 128 Å². The van der Waals surface area contributed by atoms with Crippen LogP contribution in [-0.2, 0) is 0 Å². The lowest BCUT2D eigenvalue weighted by Gasteiger charge is -2.43. The van der Waals surface area contributed by atoms with E-state index in [1.54, 1.807) is 4.40 Å². The third kappa shape index (κ3) is 2.41. The zero-order valence-electron chi connectivity index (χ0n) is 12.5. The highest BCUT2D eigenvalue weighted by atomic mass is 16.2. The van der Waals surface area contributed by atoms with Crippen LogP contribution in [0, 0.1) is 0 Å². The molecule has 0 bridgehead atoms. The summed E-state index contributed by atoms with van der Waals surface area (Å²) in [5, 5.41) is 11.0. The van der Waals surface area contributed by atoms with Gasteiger partial charge < -0.3 is 4.90 Å². The van der Waals surface area contributed by atoms with Crippen molar-refractivity contribution in [1.29, 1.82) is 0 Å². The number of nitrogens with zero attached hydrogens (tertiary/aromatic N) is 5. The van der Waals surface area contributed by atoms with Crippen LogP contribution in [0.1, 0.15) is 19.3 Å². The highest BCUT2D eigenvalue weighted by molar-refractivity contribution is 5.88. The Hall–Kier alpha value is -2.15. The summed E-state index contributed by atoms with van der Waals surface area (Å²) in [6.45, 7) is 3.73. The minimum atomic E-state index is -0.0802. The van der Waals surface area contributed by atoms with E-state index in [4.69, 9.17) is 0 Å². The summed E-state index contributed by atoms with van der Waals surface area (Å²) in [5.41, 5.74) is 0.731. The fourth-order valence-corrected chi connectivity index (χ4v) is 3.44. The molecule has 2 amide bonds. The first kappa shape index (κ1) is 13.5. The fourth-order valence-electron chi connectivity index (χ4n) is 3.44. The van der Waals surface area contributed by atoms with Crippen LogP contribution in [0.15, 0.2) is 24.4 Å². The minimum Gasteiger partial charge on any atom is -0.322 e. The average Bonchev–Trinajstić information content (AvgIpc) is 2.97. The third-order valence-corrected chi connectivity index (χ3v) is 4.66. The Morgan fingerprint density at radius 1 is 1.18 bits per heavy atom. The van der Waals surface area contributed by atoms with Crippen molar-refractivity contribution in [3.8, 4) is 0 Å². The molecule has 0 saturated carbocycles.